The van der Waals surface area contributed by atoms with Gasteiger partial charge in [-0.15, -0.1) is 0 Å². The molecule has 6 heteroatoms. The Morgan fingerprint density at radius 1 is 1.29 bits per heavy atom. The molecule has 0 heterocycles. The molecule has 1 rings (SSSR count). The van der Waals surface area contributed by atoms with Crippen LogP contribution in [0.5, 0.6) is 0 Å². The fraction of sp³-hybridized carbons (Fsp3) is 0.600. The van der Waals surface area contributed by atoms with Crippen LogP contribution in [0.25, 0.3) is 0 Å². The summed E-state index contributed by atoms with van der Waals surface area (Å²) in [5, 5.41) is 17.2. The van der Waals surface area contributed by atoms with Crippen molar-refractivity contribution in [3.63, 3.8) is 0 Å². The third-order valence-corrected chi connectivity index (χ3v) is 3.62. The molecule has 0 atom stereocenters. The number of rotatable bonds is 9. The normalized spacial score (nSPS) is 11.0. The van der Waals surface area contributed by atoms with Crippen molar-refractivity contribution in [2.75, 3.05) is 37.8 Å². The van der Waals surface area contributed by atoms with Gasteiger partial charge in [0.15, 0.2) is 0 Å². The monoisotopic (exact) mass is 294 g/mol. The smallest absolute Gasteiger partial charge is 0.315 e. The van der Waals surface area contributed by atoms with Crippen molar-refractivity contribution in [2.45, 2.75) is 32.7 Å². The molecule has 2 N–H and O–H groups in total. The molecule has 0 radical (unpaired) electrons. The lowest BCUT2D eigenvalue weighted by molar-refractivity contribution is -0.383. The van der Waals surface area contributed by atoms with Gasteiger partial charge in [-0.25, -0.2) is 0 Å². The number of nitro benzene ring substituents is 1. The first-order valence-corrected chi connectivity index (χ1v) is 7.36. The summed E-state index contributed by atoms with van der Waals surface area (Å²) >= 11 is 0. The standard InChI is InChI=1S/C15H26N4O2/c1-12(2)18(4)11-6-5-10-17-14-9-7-8-13(16-3)15(14)19(20)21/h7-9,12,16-17H,5-6,10-11H2,1-4H3. The minimum atomic E-state index is -0.347. The molecule has 0 aliphatic rings. The number of nitro groups is 1. The number of unbranched alkanes of at least 4 members (excludes halogenated alkanes) is 1. The topological polar surface area (TPSA) is 70.4 Å². The maximum Gasteiger partial charge on any atom is 0.315 e. The summed E-state index contributed by atoms with van der Waals surface area (Å²) in [7, 11) is 3.80. The molecule has 0 aliphatic heterocycles. The number of benzene rings is 1. The van der Waals surface area contributed by atoms with Crippen molar-refractivity contribution in [2.24, 2.45) is 0 Å². The van der Waals surface area contributed by atoms with Crippen LogP contribution in [0.1, 0.15) is 26.7 Å². The number of nitrogens with one attached hydrogen (secondary N) is 2. The third-order valence-electron chi connectivity index (χ3n) is 3.62. The fourth-order valence-electron chi connectivity index (χ4n) is 2.05. The lowest BCUT2D eigenvalue weighted by Crippen LogP contribution is -2.27. The zero-order valence-corrected chi connectivity index (χ0v) is 13.3. The molecule has 6 nitrogen and oxygen atoms in total. The van der Waals surface area contributed by atoms with Gasteiger partial charge in [-0.05, 0) is 52.4 Å². The molecule has 0 unspecified atom stereocenters. The van der Waals surface area contributed by atoms with Crippen LogP contribution in [-0.4, -0.2) is 43.0 Å². The number of anilines is 2. The van der Waals surface area contributed by atoms with Crippen LogP contribution < -0.4 is 10.6 Å². The summed E-state index contributed by atoms with van der Waals surface area (Å²) in [6.45, 7) is 6.12. The Balaban J connectivity index is 2.51. The molecule has 0 spiro atoms. The lowest BCUT2D eigenvalue weighted by atomic mass is 10.2. The van der Waals surface area contributed by atoms with Gasteiger partial charge < -0.3 is 15.5 Å². The van der Waals surface area contributed by atoms with Crippen molar-refractivity contribution in [3.8, 4) is 0 Å². The van der Waals surface area contributed by atoms with Gasteiger partial charge in [0.25, 0.3) is 0 Å². The highest BCUT2D eigenvalue weighted by Crippen LogP contribution is 2.32. The number of hydrogen-bond donors (Lipinski definition) is 2. The molecule has 0 aliphatic carbocycles. The summed E-state index contributed by atoms with van der Waals surface area (Å²) in [5.41, 5.74) is 1.22. The predicted molar refractivity (Wildman–Crippen MR) is 88.1 cm³/mol. The van der Waals surface area contributed by atoms with E-state index in [-0.39, 0.29) is 10.6 Å². The molecule has 0 saturated carbocycles. The zero-order chi connectivity index (χ0) is 15.8. The van der Waals surface area contributed by atoms with E-state index < -0.39 is 0 Å². The molecule has 0 saturated heterocycles. The van der Waals surface area contributed by atoms with Crippen LogP contribution in [-0.2, 0) is 0 Å². The Morgan fingerprint density at radius 3 is 2.52 bits per heavy atom. The second-order valence-electron chi connectivity index (χ2n) is 5.42. The van der Waals surface area contributed by atoms with Crippen molar-refractivity contribution in [1.82, 2.24) is 4.90 Å². The lowest BCUT2D eigenvalue weighted by Gasteiger charge is -2.20. The minimum absolute atomic E-state index is 0.110. The zero-order valence-electron chi connectivity index (χ0n) is 13.3. The Labute approximate surface area is 126 Å². The van der Waals surface area contributed by atoms with Crippen molar-refractivity contribution in [3.05, 3.63) is 28.3 Å². The highest BCUT2D eigenvalue weighted by Gasteiger charge is 2.18. The first-order chi connectivity index (χ1) is 9.97. The molecule has 21 heavy (non-hydrogen) atoms. The van der Waals surface area contributed by atoms with E-state index in [1.807, 2.05) is 6.07 Å². The summed E-state index contributed by atoms with van der Waals surface area (Å²) in [5.74, 6) is 0. The largest absolute Gasteiger partial charge is 0.382 e. The van der Waals surface area contributed by atoms with Crippen molar-refractivity contribution in [1.29, 1.82) is 0 Å². The quantitative estimate of drug-likeness (QED) is 0.416. The molecule has 0 bridgehead atoms. The second-order valence-corrected chi connectivity index (χ2v) is 5.42. The van der Waals surface area contributed by atoms with Gasteiger partial charge in [0.1, 0.15) is 11.4 Å². The molecule has 1 aromatic rings. The average molecular weight is 294 g/mol. The van der Waals surface area contributed by atoms with Gasteiger partial charge in [-0.3, -0.25) is 10.1 Å². The molecule has 118 valence electrons. The number of para-hydroxylation sites is 1. The van der Waals surface area contributed by atoms with Crippen LogP contribution in [0.3, 0.4) is 0 Å². The van der Waals surface area contributed by atoms with Crippen molar-refractivity contribution < 1.29 is 4.92 Å². The van der Waals surface area contributed by atoms with Gasteiger partial charge in [0, 0.05) is 19.6 Å². The number of hydrogen-bond acceptors (Lipinski definition) is 5. The Bertz CT molecular complexity index is 463. The molecular weight excluding hydrogens is 268 g/mol. The van der Waals surface area contributed by atoms with E-state index in [1.54, 1.807) is 19.2 Å². The van der Waals surface area contributed by atoms with Crippen LogP contribution >= 0.6 is 0 Å². The van der Waals surface area contributed by atoms with Gasteiger partial charge >= 0.3 is 5.69 Å². The third kappa shape index (κ3) is 5.23. The second kappa shape index (κ2) is 8.46. The SMILES string of the molecule is CNc1cccc(NCCCCN(C)C(C)C)c1[N+](=O)[O-]. The Kier molecular flexibility index (Phi) is 6.94. The molecule has 0 amide bonds. The van der Waals surface area contributed by atoms with E-state index in [4.69, 9.17) is 0 Å². The van der Waals surface area contributed by atoms with E-state index in [9.17, 15) is 10.1 Å². The van der Waals surface area contributed by atoms with Crippen molar-refractivity contribution >= 4 is 17.1 Å². The number of nitrogens with zero attached hydrogens (tertiary/aromatic N) is 2. The van der Waals surface area contributed by atoms with Gasteiger partial charge in [0.05, 0.1) is 4.92 Å². The summed E-state index contributed by atoms with van der Waals surface area (Å²) in [6, 6.07) is 5.82. The highest BCUT2D eigenvalue weighted by molar-refractivity contribution is 5.75. The molecule has 0 fully saturated rings. The van der Waals surface area contributed by atoms with E-state index in [1.165, 1.54) is 0 Å². The molecule has 1 aromatic carbocycles. The molecule has 0 aromatic heterocycles. The highest BCUT2D eigenvalue weighted by atomic mass is 16.6. The van der Waals surface area contributed by atoms with Crippen LogP contribution in [0, 0.1) is 10.1 Å². The first-order valence-electron chi connectivity index (χ1n) is 7.36. The van der Waals surface area contributed by atoms with Crippen LogP contribution in [0.2, 0.25) is 0 Å². The summed E-state index contributed by atoms with van der Waals surface area (Å²) in [4.78, 5) is 13.1. The first kappa shape index (κ1) is 17.2. The van der Waals surface area contributed by atoms with E-state index >= 15 is 0 Å². The average Bonchev–Trinajstić information content (AvgIpc) is 2.45. The maximum atomic E-state index is 11.2. The minimum Gasteiger partial charge on any atom is -0.382 e. The summed E-state index contributed by atoms with van der Waals surface area (Å²) < 4.78 is 0. The van der Waals surface area contributed by atoms with Gasteiger partial charge in [-0.2, -0.15) is 0 Å². The fourth-order valence-corrected chi connectivity index (χ4v) is 2.05. The van der Waals surface area contributed by atoms with Gasteiger partial charge in [0.2, 0.25) is 0 Å². The van der Waals surface area contributed by atoms with E-state index in [2.05, 4.69) is 36.4 Å². The summed E-state index contributed by atoms with van der Waals surface area (Å²) in [6.07, 6.45) is 2.05. The van der Waals surface area contributed by atoms with E-state index in [0.717, 1.165) is 25.9 Å². The van der Waals surface area contributed by atoms with Crippen LogP contribution in [0.15, 0.2) is 18.2 Å². The Morgan fingerprint density at radius 2 is 1.95 bits per heavy atom. The van der Waals surface area contributed by atoms with Crippen LogP contribution in [0.4, 0.5) is 17.1 Å². The van der Waals surface area contributed by atoms with E-state index in [0.29, 0.717) is 17.4 Å². The maximum absolute atomic E-state index is 11.2. The molecular formula is C15H26N4O2. The van der Waals surface area contributed by atoms with Gasteiger partial charge in [-0.1, -0.05) is 6.07 Å². The Hall–Kier alpha value is -1.82. The predicted octanol–water partition coefficient (Wildman–Crippen LogP) is 3.17.